The number of aromatic nitrogens is 1. The minimum Gasteiger partial charge on any atom is -0.443 e. The van der Waals surface area contributed by atoms with Crippen molar-refractivity contribution in [1.82, 2.24) is 4.57 Å². The molecule has 0 saturated heterocycles. The molecule has 0 saturated carbocycles. The van der Waals surface area contributed by atoms with E-state index >= 15 is 0 Å². The van der Waals surface area contributed by atoms with Crippen LogP contribution >= 0.6 is 11.6 Å². The van der Waals surface area contributed by atoms with Gasteiger partial charge in [0.1, 0.15) is 5.60 Å². The van der Waals surface area contributed by atoms with Gasteiger partial charge in [-0.15, -0.1) is 0 Å². The number of hydrogen-bond acceptors (Lipinski definition) is 2. The third-order valence-electron chi connectivity index (χ3n) is 2.58. The van der Waals surface area contributed by atoms with Gasteiger partial charge in [-0.1, -0.05) is 17.7 Å². The van der Waals surface area contributed by atoms with E-state index < -0.39 is 17.0 Å². The zero-order chi connectivity index (χ0) is 14.9. The molecule has 0 fully saturated rings. The number of benzene rings is 1. The highest BCUT2D eigenvalue weighted by Gasteiger charge is 2.18. The van der Waals surface area contributed by atoms with Gasteiger partial charge in [-0.25, -0.2) is 4.79 Å². The summed E-state index contributed by atoms with van der Waals surface area (Å²) in [4.78, 5) is 12.0. The molecule has 2 aromatic rings. The second-order valence-corrected chi connectivity index (χ2v) is 5.78. The first kappa shape index (κ1) is 14.6. The summed E-state index contributed by atoms with van der Waals surface area (Å²) in [6.07, 6.45) is 2.40. The van der Waals surface area contributed by atoms with Crippen molar-refractivity contribution in [2.45, 2.75) is 26.4 Å². The number of halogens is 2. The van der Waals surface area contributed by atoms with Crippen LogP contribution in [0.2, 0.25) is 0 Å². The Bertz CT molecular complexity index is 679. The molecule has 0 N–H and O–H groups in total. The summed E-state index contributed by atoms with van der Waals surface area (Å²) in [6, 6.07) is 6.93. The molecule has 106 valence electrons. The standard InChI is InChI=1S/C15H15ClFNO2/c1-15(2,3)20-14(19)18-7-6-11-8-10(9-13(16)17)4-5-12(11)18/h4-9H,1-3H3/b13-9+. The molecule has 1 aromatic heterocycles. The average molecular weight is 296 g/mol. The highest BCUT2D eigenvalue weighted by atomic mass is 35.5. The van der Waals surface area contributed by atoms with Crippen LogP contribution in [0.1, 0.15) is 26.3 Å². The lowest BCUT2D eigenvalue weighted by Gasteiger charge is -2.19. The fourth-order valence-corrected chi connectivity index (χ4v) is 1.97. The van der Waals surface area contributed by atoms with Crippen LogP contribution < -0.4 is 0 Å². The topological polar surface area (TPSA) is 31.2 Å². The normalized spacial score (nSPS) is 12.8. The molecule has 0 radical (unpaired) electrons. The van der Waals surface area contributed by atoms with Gasteiger partial charge < -0.3 is 4.74 Å². The smallest absolute Gasteiger partial charge is 0.418 e. The zero-order valence-corrected chi connectivity index (χ0v) is 12.2. The molecule has 20 heavy (non-hydrogen) atoms. The van der Waals surface area contributed by atoms with Gasteiger partial charge in [0.2, 0.25) is 0 Å². The molecule has 0 aliphatic carbocycles. The second-order valence-electron chi connectivity index (χ2n) is 5.42. The first-order chi connectivity index (χ1) is 9.26. The lowest BCUT2D eigenvalue weighted by molar-refractivity contribution is 0.0544. The van der Waals surface area contributed by atoms with Gasteiger partial charge in [-0.05, 0) is 50.6 Å². The molecule has 0 spiro atoms. The fraction of sp³-hybridized carbons (Fsp3) is 0.267. The van der Waals surface area contributed by atoms with Crippen LogP contribution in [0.25, 0.3) is 17.0 Å². The molecule has 1 aromatic carbocycles. The summed E-state index contributed by atoms with van der Waals surface area (Å²) in [5.74, 6) is 0. The molecule has 0 aliphatic heterocycles. The summed E-state index contributed by atoms with van der Waals surface area (Å²) in [5.41, 5.74) is 0.774. The summed E-state index contributed by atoms with van der Waals surface area (Å²) in [5, 5.41) is 0.0263. The summed E-state index contributed by atoms with van der Waals surface area (Å²) < 4.78 is 19.4. The number of nitrogens with zero attached hydrogens (tertiary/aromatic N) is 1. The Morgan fingerprint density at radius 2 is 2.05 bits per heavy atom. The molecule has 5 heteroatoms. The molecular formula is C15H15ClFNO2. The molecule has 0 amide bonds. The van der Waals surface area contributed by atoms with Crippen LogP contribution in [-0.4, -0.2) is 16.3 Å². The third kappa shape index (κ3) is 3.39. The molecule has 0 atom stereocenters. The fourth-order valence-electron chi connectivity index (χ4n) is 1.85. The lowest BCUT2D eigenvalue weighted by Crippen LogP contribution is -2.26. The van der Waals surface area contributed by atoms with E-state index in [1.807, 2.05) is 20.8 Å². The summed E-state index contributed by atoms with van der Waals surface area (Å²) >= 11 is 5.21. The van der Waals surface area contributed by atoms with Crippen molar-refractivity contribution in [2.75, 3.05) is 0 Å². The Hall–Kier alpha value is -1.81. The molecule has 3 nitrogen and oxygen atoms in total. The SMILES string of the molecule is CC(C)(C)OC(=O)n1ccc2cc(/C=C(/F)Cl)ccc21. The van der Waals surface area contributed by atoms with Crippen LogP contribution in [0.3, 0.4) is 0 Å². The van der Waals surface area contributed by atoms with Crippen LogP contribution in [-0.2, 0) is 4.74 Å². The van der Waals surface area contributed by atoms with Crippen molar-refractivity contribution in [1.29, 1.82) is 0 Å². The molecule has 1 heterocycles. The molecule has 2 rings (SSSR count). The molecule has 0 unspecified atom stereocenters. The Balaban J connectivity index is 2.38. The average Bonchev–Trinajstić information content (AvgIpc) is 2.68. The minimum atomic E-state index is -0.782. The van der Waals surface area contributed by atoms with E-state index in [0.717, 1.165) is 5.39 Å². The first-order valence-corrected chi connectivity index (χ1v) is 6.51. The predicted molar refractivity (Wildman–Crippen MR) is 78.5 cm³/mol. The Morgan fingerprint density at radius 1 is 1.35 bits per heavy atom. The Labute approximate surface area is 121 Å². The van der Waals surface area contributed by atoms with Gasteiger partial charge in [0.05, 0.1) is 5.52 Å². The van der Waals surface area contributed by atoms with Crippen molar-refractivity contribution in [3.8, 4) is 0 Å². The Kier molecular flexibility index (Phi) is 3.86. The number of ether oxygens (including phenoxy) is 1. The van der Waals surface area contributed by atoms with Gasteiger partial charge in [0, 0.05) is 11.6 Å². The number of carbonyl (C=O) groups excluding carboxylic acids is 1. The van der Waals surface area contributed by atoms with Gasteiger partial charge in [-0.2, -0.15) is 4.39 Å². The number of fused-ring (bicyclic) bond motifs is 1. The molecular weight excluding hydrogens is 281 g/mol. The first-order valence-electron chi connectivity index (χ1n) is 6.13. The quantitative estimate of drug-likeness (QED) is 0.747. The van der Waals surface area contributed by atoms with Crippen molar-refractivity contribution in [3.05, 3.63) is 41.3 Å². The van der Waals surface area contributed by atoms with Crippen molar-refractivity contribution in [3.63, 3.8) is 0 Å². The highest BCUT2D eigenvalue weighted by Crippen LogP contribution is 2.21. The predicted octanol–water partition coefficient (Wildman–Crippen LogP) is 4.93. The van der Waals surface area contributed by atoms with Gasteiger partial charge in [-0.3, -0.25) is 4.57 Å². The second kappa shape index (κ2) is 5.29. The molecule has 0 bridgehead atoms. The monoisotopic (exact) mass is 295 g/mol. The summed E-state index contributed by atoms with van der Waals surface area (Å²) in [7, 11) is 0. The van der Waals surface area contributed by atoms with Crippen molar-refractivity contribution < 1.29 is 13.9 Å². The number of hydrogen-bond donors (Lipinski definition) is 0. The van der Waals surface area contributed by atoms with E-state index in [4.69, 9.17) is 16.3 Å². The number of carbonyl (C=O) groups is 1. The molecule has 0 aliphatic rings. The minimum absolute atomic E-state index is 0.445. The van der Waals surface area contributed by atoms with Crippen LogP contribution in [0.4, 0.5) is 9.18 Å². The lowest BCUT2D eigenvalue weighted by atomic mass is 10.1. The zero-order valence-electron chi connectivity index (χ0n) is 11.5. The maximum atomic E-state index is 12.7. The Morgan fingerprint density at radius 3 is 2.65 bits per heavy atom. The van der Waals surface area contributed by atoms with Crippen LogP contribution in [0.5, 0.6) is 0 Å². The van der Waals surface area contributed by atoms with Crippen molar-refractivity contribution in [2.24, 2.45) is 0 Å². The largest absolute Gasteiger partial charge is 0.443 e. The highest BCUT2D eigenvalue weighted by molar-refractivity contribution is 6.30. The maximum Gasteiger partial charge on any atom is 0.418 e. The van der Waals surface area contributed by atoms with E-state index in [0.29, 0.717) is 11.1 Å². The van der Waals surface area contributed by atoms with E-state index in [1.165, 1.54) is 10.6 Å². The van der Waals surface area contributed by atoms with E-state index in [2.05, 4.69) is 0 Å². The number of rotatable bonds is 1. The summed E-state index contributed by atoms with van der Waals surface area (Å²) in [6.45, 7) is 5.42. The van der Waals surface area contributed by atoms with Gasteiger partial charge in [0.25, 0.3) is 0 Å². The van der Waals surface area contributed by atoms with Crippen LogP contribution in [0, 0.1) is 0 Å². The van der Waals surface area contributed by atoms with Crippen LogP contribution in [0.15, 0.2) is 35.7 Å². The van der Waals surface area contributed by atoms with E-state index in [9.17, 15) is 9.18 Å². The van der Waals surface area contributed by atoms with Gasteiger partial charge >= 0.3 is 6.09 Å². The maximum absolute atomic E-state index is 12.7. The van der Waals surface area contributed by atoms with Gasteiger partial charge in [0.15, 0.2) is 5.29 Å². The third-order valence-corrected chi connectivity index (χ3v) is 2.69. The van der Waals surface area contributed by atoms with Crippen molar-refractivity contribution >= 4 is 34.7 Å². The van der Waals surface area contributed by atoms with E-state index in [1.54, 1.807) is 30.5 Å². The van der Waals surface area contributed by atoms with E-state index in [-0.39, 0.29) is 0 Å².